The Morgan fingerprint density at radius 1 is 1.24 bits per heavy atom. The minimum Gasteiger partial charge on any atom is -0.385 e. The molecule has 0 saturated carbocycles. The molecule has 1 N–H and O–H groups in total. The second-order valence-corrected chi connectivity index (χ2v) is 3.77. The van der Waals surface area contributed by atoms with Crippen LogP contribution in [0.1, 0.15) is 18.7 Å². The maximum atomic E-state index is 5.01. The molecule has 1 aromatic heterocycles. The van der Waals surface area contributed by atoms with E-state index in [1.54, 1.807) is 20.5 Å². The molecule has 98 valence electrons. The Hall–Kier alpha value is -0.980. The maximum absolute atomic E-state index is 5.01. The molecule has 0 aliphatic rings. The van der Waals surface area contributed by atoms with E-state index in [4.69, 9.17) is 9.47 Å². The molecule has 0 radical (unpaired) electrons. The molecule has 0 atom stereocenters. The lowest BCUT2D eigenvalue weighted by molar-refractivity contribution is 0.190. The van der Waals surface area contributed by atoms with Gasteiger partial charge in [-0.1, -0.05) is 0 Å². The number of nitrogens with one attached hydrogen (secondary N) is 1. The van der Waals surface area contributed by atoms with Crippen LogP contribution in [0.4, 0.5) is 0 Å². The monoisotopic (exact) mass is 242 g/mol. The van der Waals surface area contributed by atoms with Crippen LogP contribution in [0.3, 0.4) is 0 Å². The second kappa shape index (κ2) is 9.09. The molecule has 1 aromatic rings. The molecule has 17 heavy (non-hydrogen) atoms. The molecular weight excluding hydrogens is 220 g/mol. The summed E-state index contributed by atoms with van der Waals surface area (Å²) in [6.45, 7) is 3.96. The van der Waals surface area contributed by atoms with E-state index >= 15 is 0 Å². The molecule has 0 aliphatic heterocycles. The summed E-state index contributed by atoms with van der Waals surface area (Å²) >= 11 is 0. The van der Waals surface area contributed by atoms with Gasteiger partial charge in [0.2, 0.25) is 0 Å². The Morgan fingerprint density at radius 3 is 2.82 bits per heavy atom. The minimum absolute atomic E-state index is 0.710. The van der Waals surface area contributed by atoms with E-state index in [0.717, 1.165) is 44.9 Å². The van der Waals surface area contributed by atoms with Crippen molar-refractivity contribution in [1.82, 2.24) is 20.1 Å². The number of rotatable bonds is 10. The highest BCUT2D eigenvalue weighted by atomic mass is 16.5. The Bertz CT molecular complexity index is 264. The summed E-state index contributed by atoms with van der Waals surface area (Å²) in [5.74, 6) is 0.971. The first kappa shape index (κ1) is 14.1. The van der Waals surface area contributed by atoms with Crippen LogP contribution < -0.4 is 5.32 Å². The molecule has 0 bridgehead atoms. The fourth-order valence-electron chi connectivity index (χ4n) is 1.49. The number of methoxy groups -OCH3 is 2. The Labute approximate surface area is 102 Å². The van der Waals surface area contributed by atoms with Crippen LogP contribution in [0.25, 0.3) is 0 Å². The molecule has 0 fully saturated rings. The smallest absolute Gasteiger partial charge is 0.140 e. The van der Waals surface area contributed by atoms with Gasteiger partial charge < -0.3 is 14.8 Å². The van der Waals surface area contributed by atoms with Gasteiger partial charge in [0.1, 0.15) is 12.2 Å². The summed E-state index contributed by atoms with van der Waals surface area (Å²) in [5, 5.41) is 7.46. The van der Waals surface area contributed by atoms with Crippen LogP contribution >= 0.6 is 0 Å². The lowest BCUT2D eigenvalue weighted by Gasteiger charge is -2.07. The zero-order chi connectivity index (χ0) is 12.3. The molecule has 1 rings (SSSR count). The number of aromatic nitrogens is 3. The maximum Gasteiger partial charge on any atom is 0.140 e. The van der Waals surface area contributed by atoms with E-state index < -0.39 is 0 Å². The van der Waals surface area contributed by atoms with Crippen molar-refractivity contribution in [3.63, 3.8) is 0 Å². The van der Waals surface area contributed by atoms with Gasteiger partial charge in [0.05, 0.1) is 13.2 Å². The lowest BCUT2D eigenvalue weighted by atomic mass is 10.3. The third-order valence-electron chi connectivity index (χ3n) is 2.43. The van der Waals surface area contributed by atoms with Gasteiger partial charge in [0.25, 0.3) is 0 Å². The fourth-order valence-corrected chi connectivity index (χ4v) is 1.49. The number of hydrogen-bond donors (Lipinski definition) is 1. The van der Waals surface area contributed by atoms with Crippen LogP contribution in [0.2, 0.25) is 0 Å². The quantitative estimate of drug-likeness (QED) is 0.603. The molecule has 0 aromatic carbocycles. The number of unbranched alkanes of at least 4 members (excludes halogenated alkanes) is 1. The van der Waals surface area contributed by atoms with Gasteiger partial charge in [-0.2, -0.15) is 5.10 Å². The van der Waals surface area contributed by atoms with E-state index in [2.05, 4.69) is 15.4 Å². The number of aryl methyl sites for hydroxylation is 1. The second-order valence-electron chi connectivity index (χ2n) is 3.77. The van der Waals surface area contributed by atoms with Crippen LogP contribution in [0, 0.1) is 0 Å². The third-order valence-corrected chi connectivity index (χ3v) is 2.43. The SMILES string of the molecule is COCCCCn1ncnc1CNCCOC. The predicted molar refractivity (Wildman–Crippen MR) is 64.7 cm³/mol. The van der Waals surface area contributed by atoms with Crippen molar-refractivity contribution in [2.24, 2.45) is 0 Å². The number of hydrogen-bond acceptors (Lipinski definition) is 5. The highest BCUT2D eigenvalue weighted by molar-refractivity contribution is 4.83. The molecule has 0 spiro atoms. The van der Waals surface area contributed by atoms with Crippen molar-refractivity contribution in [1.29, 1.82) is 0 Å². The van der Waals surface area contributed by atoms with E-state index in [-0.39, 0.29) is 0 Å². The highest BCUT2D eigenvalue weighted by Crippen LogP contribution is 1.98. The molecule has 6 heteroatoms. The van der Waals surface area contributed by atoms with E-state index in [9.17, 15) is 0 Å². The molecule has 0 amide bonds. The third kappa shape index (κ3) is 5.76. The largest absolute Gasteiger partial charge is 0.385 e. The van der Waals surface area contributed by atoms with Crippen LogP contribution in [0.15, 0.2) is 6.33 Å². The number of ether oxygens (including phenoxy) is 2. The van der Waals surface area contributed by atoms with Crippen molar-refractivity contribution in [3.05, 3.63) is 12.2 Å². The highest BCUT2D eigenvalue weighted by Gasteiger charge is 2.03. The summed E-state index contributed by atoms with van der Waals surface area (Å²) < 4.78 is 11.9. The summed E-state index contributed by atoms with van der Waals surface area (Å²) in [7, 11) is 3.42. The van der Waals surface area contributed by atoms with E-state index in [1.165, 1.54) is 0 Å². The number of nitrogens with zero attached hydrogens (tertiary/aromatic N) is 3. The fraction of sp³-hybridized carbons (Fsp3) is 0.818. The Kier molecular flexibility index (Phi) is 7.53. The summed E-state index contributed by atoms with van der Waals surface area (Å²) in [4.78, 5) is 4.23. The summed E-state index contributed by atoms with van der Waals surface area (Å²) in [6, 6.07) is 0. The molecule has 0 aliphatic carbocycles. The standard InChI is InChI=1S/C11H22N4O2/c1-16-7-4-3-6-15-11(13-10-14-15)9-12-5-8-17-2/h10,12H,3-9H2,1-2H3. The van der Waals surface area contributed by atoms with Crippen LogP contribution in [-0.4, -0.2) is 48.7 Å². The predicted octanol–water partition coefficient (Wildman–Crippen LogP) is 0.441. The summed E-state index contributed by atoms with van der Waals surface area (Å²) in [6.07, 6.45) is 3.71. The van der Waals surface area contributed by atoms with Crippen molar-refractivity contribution >= 4 is 0 Å². The minimum atomic E-state index is 0.710. The molecule has 0 unspecified atom stereocenters. The van der Waals surface area contributed by atoms with Crippen molar-refractivity contribution in [3.8, 4) is 0 Å². The van der Waals surface area contributed by atoms with Crippen LogP contribution in [-0.2, 0) is 22.6 Å². The van der Waals surface area contributed by atoms with Gasteiger partial charge >= 0.3 is 0 Å². The zero-order valence-electron chi connectivity index (χ0n) is 10.7. The normalized spacial score (nSPS) is 10.9. The van der Waals surface area contributed by atoms with Gasteiger partial charge in [-0.25, -0.2) is 9.67 Å². The van der Waals surface area contributed by atoms with Crippen molar-refractivity contribution < 1.29 is 9.47 Å². The first-order chi connectivity index (χ1) is 8.38. The average molecular weight is 242 g/mol. The summed E-state index contributed by atoms with van der Waals surface area (Å²) in [5.41, 5.74) is 0. The lowest BCUT2D eigenvalue weighted by Crippen LogP contribution is -2.21. The molecule has 0 saturated heterocycles. The van der Waals surface area contributed by atoms with Crippen LogP contribution in [0.5, 0.6) is 0 Å². The van der Waals surface area contributed by atoms with Gasteiger partial charge in [0.15, 0.2) is 0 Å². The molecule has 1 heterocycles. The van der Waals surface area contributed by atoms with E-state index in [0.29, 0.717) is 6.61 Å². The molecular formula is C11H22N4O2. The topological polar surface area (TPSA) is 61.2 Å². The van der Waals surface area contributed by atoms with E-state index in [1.807, 2.05) is 4.68 Å². The average Bonchev–Trinajstić information content (AvgIpc) is 2.78. The van der Waals surface area contributed by atoms with Gasteiger partial charge in [-0.15, -0.1) is 0 Å². The molecule has 6 nitrogen and oxygen atoms in total. The first-order valence-corrected chi connectivity index (χ1v) is 5.93. The Morgan fingerprint density at radius 2 is 2.06 bits per heavy atom. The van der Waals surface area contributed by atoms with Crippen molar-refractivity contribution in [2.45, 2.75) is 25.9 Å². The van der Waals surface area contributed by atoms with Gasteiger partial charge in [-0.05, 0) is 12.8 Å². The van der Waals surface area contributed by atoms with Gasteiger partial charge in [0, 0.05) is 33.9 Å². The Balaban J connectivity index is 2.22. The van der Waals surface area contributed by atoms with Crippen molar-refractivity contribution in [2.75, 3.05) is 34.0 Å². The zero-order valence-corrected chi connectivity index (χ0v) is 10.7. The van der Waals surface area contributed by atoms with Gasteiger partial charge in [-0.3, -0.25) is 0 Å². The first-order valence-electron chi connectivity index (χ1n) is 5.93.